The first-order chi connectivity index (χ1) is 30.2. The zero-order valence-electron chi connectivity index (χ0n) is 33.1. The summed E-state index contributed by atoms with van der Waals surface area (Å²) in [7, 11) is 0. The third kappa shape index (κ3) is 5.88. The van der Waals surface area contributed by atoms with Crippen LogP contribution in [0, 0.1) is 0 Å². The zero-order chi connectivity index (χ0) is 40.3. The van der Waals surface area contributed by atoms with E-state index in [1.165, 1.54) is 54.2 Å². The third-order valence-electron chi connectivity index (χ3n) is 12.0. The van der Waals surface area contributed by atoms with Crippen LogP contribution < -0.4 is 0 Å². The monoisotopic (exact) mass is 776 g/mol. The maximum atomic E-state index is 5.26. The van der Waals surface area contributed by atoms with E-state index in [4.69, 9.17) is 15.0 Å². The highest BCUT2D eigenvalue weighted by atomic mass is 15.0. The molecule has 0 aliphatic rings. The van der Waals surface area contributed by atoms with E-state index in [9.17, 15) is 0 Å². The number of nitrogens with zero attached hydrogens (tertiary/aromatic N) is 4. The molecule has 0 unspecified atom stereocenters. The Hall–Kier alpha value is -8.21. The quantitative estimate of drug-likeness (QED) is 0.125. The molecule has 12 aromatic rings. The molecule has 0 N–H and O–H groups in total. The summed E-state index contributed by atoms with van der Waals surface area (Å²) in [6.07, 6.45) is 0. The first kappa shape index (κ1) is 34.8. The highest BCUT2D eigenvalue weighted by Crippen LogP contribution is 2.41. The van der Waals surface area contributed by atoms with Crippen molar-refractivity contribution >= 4 is 54.1 Å². The molecule has 0 saturated heterocycles. The fourth-order valence-electron chi connectivity index (χ4n) is 9.18. The van der Waals surface area contributed by atoms with Gasteiger partial charge < -0.3 is 4.57 Å². The van der Waals surface area contributed by atoms with E-state index in [0.29, 0.717) is 17.5 Å². The Morgan fingerprint density at radius 3 is 1.61 bits per heavy atom. The van der Waals surface area contributed by atoms with Crippen molar-refractivity contribution in [3.8, 4) is 62.1 Å². The molecule has 2 heterocycles. The Morgan fingerprint density at radius 1 is 0.279 bits per heavy atom. The van der Waals surface area contributed by atoms with Gasteiger partial charge in [0.15, 0.2) is 17.5 Å². The Kier molecular flexibility index (Phi) is 8.13. The van der Waals surface area contributed by atoms with Gasteiger partial charge in [0.2, 0.25) is 0 Å². The predicted molar refractivity (Wildman–Crippen MR) is 254 cm³/mol. The van der Waals surface area contributed by atoms with Crippen molar-refractivity contribution in [2.45, 2.75) is 0 Å². The molecule has 61 heavy (non-hydrogen) atoms. The van der Waals surface area contributed by atoms with Crippen molar-refractivity contribution in [3.63, 3.8) is 0 Å². The molecular formula is C57H36N4. The van der Waals surface area contributed by atoms with Crippen molar-refractivity contribution in [2.75, 3.05) is 0 Å². The number of hydrogen-bond donors (Lipinski definition) is 0. The van der Waals surface area contributed by atoms with Crippen LogP contribution in [0.1, 0.15) is 0 Å². The average molecular weight is 777 g/mol. The van der Waals surface area contributed by atoms with E-state index in [2.05, 4.69) is 205 Å². The first-order valence-electron chi connectivity index (χ1n) is 20.7. The molecule has 284 valence electrons. The lowest BCUT2D eigenvalue weighted by Crippen LogP contribution is -2.01. The Bertz CT molecular complexity index is 3630. The van der Waals surface area contributed by atoms with Crippen molar-refractivity contribution < 1.29 is 0 Å². The Labute approximate surface area is 352 Å². The molecule has 4 nitrogen and oxygen atoms in total. The third-order valence-corrected chi connectivity index (χ3v) is 12.0. The molecule has 0 aliphatic heterocycles. The van der Waals surface area contributed by atoms with Crippen molar-refractivity contribution in [3.05, 3.63) is 218 Å². The van der Waals surface area contributed by atoms with Crippen LogP contribution in [0.25, 0.3) is 116 Å². The van der Waals surface area contributed by atoms with E-state index in [1.807, 2.05) is 18.2 Å². The number of para-hydroxylation sites is 2. The van der Waals surface area contributed by atoms with E-state index in [1.54, 1.807) is 0 Å². The highest BCUT2D eigenvalue weighted by Gasteiger charge is 2.19. The summed E-state index contributed by atoms with van der Waals surface area (Å²) in [6.45, 7) is 0. The van der Waals surface area contributed by atoms with Gasteiger partial charge in [-0.3, -0.25) is 0 Å². The van der Waals surface area contributed by atoms with Gasteiger partial charge in [-0.2, -0.15) is 0 Å². The van der Waals surface area contributed by atoms with E-state index >= 15 is 0 Å². The highest BCUT2D eigenvalue weighted by molar-refractivity contribution is 6.20. The molecule has 0 atom stereocenters. The van der Waals surface area contributed by atoms with Crippen molar-refractivity contribution in [1.29, 1.82) is 0 Å². The molecule has 10 aromatic carbocycles. The summed E-state index contributed by atoms with van der Waals surface area (Å²) in [5, 5.41) is 9.87. The van der Waals surface area contributed by atoms with Crippen LogP contribution in [0.2, 0.25) is 0 Å². The summed E-state index contributed by atoms with van der Waals surface area (Å²) >= 11 is 0. The summed E-state index contributed by atoms with van der Waals surface area (Å²) < 4.78 is 2.36. The summed E-state index contributed by atoms with van der Waals surface area (Å²) in [5.41, 5.74) is 10.8. The topological polar surface area (TPSA) is 43.6 Å². The van der Waals surface area contributed by atoms with Crippen molar-refractivity contribution in [1.82, 2.24) is 19.5 Å². The van der Waals surface area contributed by atoms with Crippen molar-refractivity contribution in [2.24, 2.45) is 0 Å². The molecule has 12 rings (SSSR count). The molecule has 0 amide bonds. The molecule has 4 heteroatoms. The second kappa shape index (κ2) is 14.3. The molecule has 2 aromatic heterocycles. The lowest BCUT2D eigenvalue weighted by atomic mass is 9.89. The average Bonchev–Trinajstić information content (AvgIpc) is 3.67. The maximum Gasteiger partial charge on any atom is 0.164 e. The fraction of sp³-hybridized carbons (Fsp3) is 0. The largest absolute Gasteiger partial charge is 0.309 e. The van der Waals surface area contributed by atoms with Crippen LogP contribution in [-0.4, -0.2) is 19.5 Å². The summed E-state index contributed by atoms with van der Waals surface area (Å²) in [4.78, 5) is 15.6. The van der Waals surface area contributed by atoms with Crippen LogP contribution in [0.3, 0.4) is 0 Å². The van der Waals surface area contributed by atoms with Gasteiger partial charge in [-0.15, -0.1) is 0 Å². The lowest BCUT2D eigenvalue weighted by Gasteiger charge is -2.15. The van der Waals surface area contributed by atoms with E-state index in [0.717, 1.165) is 44.6 Å². The molecule has 0 fully saturated rings. The minimum Gasteiger partial charge on any atom is -0.309 e. The van der Waals surface area contributed by atoms with E-state index in [-0.39, 0.29) is 0 Å². The van der Waals surface area contributed by atoms with Gasteiger partial charge in [0.1, 0.15) is 0 Å². The second-order valence-electron chi connectivity index (χ2n) is 15.6. The standard InChI is InChI=1S/C57H36N4/c1-3-16-39(17-4-1)55-58-56(40-29-27-38(28-30-40)54-46-23-10-8-18-41(46)35-51-44-21-9-7-15-37(44)31-34-49(51)54)60-57(59-55)50-25-12-11-22-45(50)42-32-33-48-47-24-13-14-26-52(47)61(53(48)36-42)43-19-5-2-6-20-43/h1-36H. The van der Waals surface area contributed by atoms with Gasteiger partial charge in [0, 0.05) is 33.2 Å². The van der Waals surface area contributed by atoms with Crippen LogP contribution in [-0.2, 0) is 0 Å². The van der Waals surface area contributed by atoms with Crippen LogP contribution in [0.4, 0.5) is 0 Å². The Morgan fingerprint density at radius 2 is 0.820 bits per heavy atom. The minimum absolute atomic E-state index is 0.624. The van der Waals surface area contributed by atoms with Gasteiger partial charge in [-0.25, -0.2) is 15.0 Å². The van der Waals surface area contributed by atoms with Crippen LogP contribution in [0.5, 0.6) is 0 Å². The maximum absolute atomic E-state index is 5.26. The second-order valence-corrected chi connectivity index (χ2v) is 15.6. The minimum atomic E-state index is 0.624. The SMILES string of the molecule is c1ccc(-c2nc(-c3ccc(-c4c5ccccc5cc5c4ccc4ccccc45)cc3)nc(-c3ccccc3-c3ccc4c5ccccc5n(-c5ccccc5)c4c3)n2)cc1. The molecule has 0 aliphatic carbocycles. The van der Waals surface area contributed by atoms with Gasteiger partial charge in [0.25, 0.3) is 0 Å². The fourth-order valence-corrected chi connectivity index (χ4v) is 9.18. The number of fused-ring (bicyclic) bond motifs is 7. The number of benzene rings is 10. The van der Waals surface area contributed by atoms with Gasteiger partial charge in [-0.05, 0) is 84.9 Å². The predicted octanol–water partition coefficient (Wildman–Crippen LogP) is 14.8. The van der Waals surface area contributed by atoms with Gasteiger partial charge in [0.05, 0.1) is 11.0 Å². The number of aromatic nitrogens is 4. The number of rotatable bonds is 6. The zero-order valence-corrected chi connectivity index (χ0v) is 33.1. The summed E-state index contributed by atoms with van der Waals surface area (Å²) in [5.74, 6) is 1.88. The molecule has 0 saturated carbocycles. The van der Waals surface area contributed by atoms with E-state index < -0.39 is 0 Å². The molecule has 0 radical (unpaired) electrons. The molecule has 0 bridgehead atoms. The molecular weight excluding hydrogens is 741 g/mol. The molecule has 0 spiro atoms. The van der Waals surface area contributed by atoms with Gasteiger partial charge in [-0.1, -0.05) is 188 Å². The number of hydrogen-bond acceptors (Lipinski definition) is 3. The smallest absolute Gasteiger partial charge is 0.164 e. The Balaban J connectivity index is 1.01. The lowest BCUT2D eigenvalue weighted by molar-refractivity contribution is 1.07. The van der Waals surface area contributed by atoms with Gasteiger partial charge >= 0.3 is 0 Å². The van der Waals surface area contributed by atoms with Crippen LogP contribution >= 0.6 is 0 Å². The normalized spacial score (nSPS) is 11.6. The van der Waals surface area contributed by atoms with Crippen LogP contribution in [0.15, 0.2) is 218 Å². The first-order valence-corrected chi connectivity index (χ1v) is 20.7. The summed E-state index contributed by atoms with van der Waals surface area (Å²) in [6, 6.07) is 77.6.